The molecule has 2 amide bonds. The maximum absolute atomic E-state index is 12.7. The first kappa shape index (κ1) is 20.0. The minimum absolute atomic E-state index is 0.0763. The highest BCUT2D eigenvalue weighted by Gasteiger charge is 2.31. The molecule has 2 aromatic rings. The minimum atomic E-state index is -0.280. The average Bonchev–Trinajstić information content (AvgIpc) is 3.46. The lowest BCUT2D eigenvalue weighted by atomic mass is 10.1. The smallest absolute Gasteiger partial charge is 0.251 e. The molecule has 1 aromatic heterocycles. The second-order valence-corrected chi connectivity index (χ2v) is 8.44. The van der Waals surface area contributed by atoms with Crippen molar-refractivity contribution in [3.8, 4) is 10.6 Å². The predicted octanol–water partition coefficient (Wildman–Crippen LogP) is 2.76. The van der Waals surface area contributed by atoms with E-state index in [2.05, 4.69) is 36.2 Å². The Morgan fingerprint density at radius 2 is 1.86 bits per heavy atom. The molecule has 0 saturated carbocycles. The van der Waals surface area contributed by atoms with E-state index >= 15 is 0 Å². The van der Waals surface area contributed by atoms with Gasteiger partial charge in [-0.3, -0.25) is 9.59 Å². The van der Waals surface area contributed by atoms with Crippen molar-refractivity contribution in [2.45, 2.75) is 38.7 Å². The van der Waals surface area contributed by atoms with Gasteiger partial charge in [-0.25, -0.2) is 4.98 Å². The number of hydrogen-bond acceptors (Lipinski definition) is 5. The SMILES string of the molecule is CCc1ccc(-c2nc(CC(=O)N3CCN(C(=O)C4CCCO4)CC3)cs2)cc1. The van der Waals surface area contributed by atoms with E-state index in [4.69, 9.17) is 4.74 Å². The summed E-state index contributed by atoms with van der Waals surface area (Å²) in [6.07, 6.45) is 2.81. The third kappa shape index (κ3) is 4.67. The molecule has 6 nitrogen and oxygen atoms in total. The van der Waals surface area contributed by atoms with Crippen LogP contribution in [0.15, 0.2) is 29.6 Å². The van der Waals surface area contributed by atoms with Crippen molar-refractivity contribution < 1.29 is 14.3 Å². The largest absolute Gasteiger partial charge is 0.368 e. The number of aryl methyl sites for hydroxylation is 1. The van der Waals surface area contributed by atoms with Crippen LogP contribution in [0.5, 0.6) is 0 Å². The van der Waals surface area contributed by atoms with Crippen LogP contribution in [-0.2, 0) is 27.2 Å². The van der Waals surface area contributed by atoms with Crippen molar-refractivity contribution in [2.75, 3.05) is 32.8 Å². The van der Waals surface area contributed by atoms with Gasteiger partial charge in [-0.15, -0.1) is 11.3 Å². The van der Waals surface area contributed by atoms with Crippen LogP contribution < -0.4 is 0 Å². The molecule has 2 aliphatic rings. The zero-order valence-corrected chi connectivity index (χ0v) is 17.6. The molecule has 1 atom stereocenters. The highest BCUT2D eigenvalue weighted by molar-refractivity contribution is 7.13. The van der Waals surface area contributed by atoms with Crippen LogP contribution in [0.25, 0.3) is 10.6 Å². The van der Waals surface area contributed by atoms with Gasteiger partial charge in [0.25, 0.3) is 5.91 Å². The molecule has 0 N–H and O–H groups in total. The van der Waals surface area contributed by atoms with E-state index < -0.39 is 0 Å². The summed E-state index contributed by atoms with van der Waals surface area (Å²) in [6, 6.07) is 8.43. The van der Waals surface area contributed by atoms with Crippen molar-refractivity contribution in [3.05, 3.63) is 40.9 Å². The quantitative estimate of drug-likeness (QED) is 0.756. The lowest BCUT2D eigenvalue weighted by Gasteiger charge is -2.35. The molecular formula is C22H27N3O3S. The minimum Gasteiger partial charge on any atom is -0.368 e. The Morgan fingerprint density at radius 3 is 2.52 bits per heavy atom. The van der Waals surface area contributed by atoms with Crippen LogP contribution in [0, 0.1) is 0 Å². The van der Waals surface area contributed by atoms with Crippen LogP contribution >= 0.6 is 11.3 Å². The number of benzene rings is 1. The lowest BCUT2D eigenvalue weighted by molar-refractivity contribution is -0.145. The lowest BCUT2D eigenvalue weighted by Crippen LogP contribution is -2.53. The molecular weight excluding hydrogens is 386 g/mol. The van der Waals surface area contributed by atoms with Gasteiger partial charge in [0.15, 0.2) is 0 Å². The number of piperazine rings is 1. The third-order valence-electron chi connectivity index (χ3n) is 5.64. The first-order valence-electron chi connectivity index (χ1n) is 10.4. The number of carbonyl (C=O) groups is 2. The van der Waals surface area contributed by atoms with Crippen LogP contribution in [-0.4, -0.2) is 65.5 Å². The van der Waals surface area contributed by atoms with Crippen molar-refractivity contribution >= 4 is 23.2 Å². The number of carbonyl (C=O) groups excluding carboxylic acids is 2. The highest BCUT2D eigenvalue weighted by atomic mass is 32.1. The average molecular weight is 414 g/mol. The monoisotopic (exact) mass is 413 g/mol. The molecule has 2 fully saturated rings. The van der Waals surface area contributed by atoms with E-state index in [9.17, 15) is 9.59 Å². The Balaban J connectivity index is 1.30. The van der Waals surface area contributed by atoms with Crippen LogP contribution in [0.3, 0.4) is 0 Å². The Kier molecular flexibility index (Phi) is 6.25. The second-order valence-electron chi connectivity index (χ2n) is 7.58. The molecule has 0 aliphatic carbocycles. The van der Waals surface area contributed by atoms with Crippen molar-refractivity contribution in [1.29, 1.82) is 0 Å². The van der Waals surface area contributed by atoms with Gasteiger partial charge in [0.05, 0.1) is 12.1 Å². The summed E-state index contributed by atoms with van der Waals surface area (Å²) in [5, 5.41) is 2.92. The molecule has 1 aromatic carbocycles. The van der Waals surface area contributed by atoms with E-state index in [-0.39, 0.29) is 17.9 Å². The zero-order valence-electron chi connectivity index (χ0n) is 16.8. The number of nitrogens with zero attached hydrogens (tertiary/aromatic N) is 3. The van der Waals surface area contributed by atoms with E-state index in [0.29, 0.717) is 39.2 Å². The molecule has 29 heavy (non-hydrogen) atoms. The van der Waals surface area contributed by atoms with Crippen LogP contribution in [0.1, 0.15) is 31.0 Å². The van der Waals surface area contributed by atoms with Crippen LogP contribution in [0.4, 0.5) is 0 Å². The first-order valence-corrected chi connectivity index (χ1v) is 11.2. The molecule has 7 heteroatoms. The molecule has 0 radical (unpaired) electrons. The van der Waals surface area contributed by atoms with E-state index in [0.717, 1.165) is 35.5 Å². The second kappa shape index (κ2) is 9.05. The fraction of sp³-hybridized carbons (Fsp3) is 0.500. The topological polar surface area (TPSA) is 62.7 Å². The number of ether oxygens (including phenoxy) is 1. The van der Waals surface area contributed by atoms with Gasteiger partial charge in [-0.05, 0) is 24.8 Å². The predicted molar refractivity (Wildman–Crippen MR) is 113 cm³/mol. The number of hydrogen-bond donors (Lipinski definition) is 0. The van der Waals surface area contributed by atoms with E-state index in [1.165, 1.54) is 5.56 Å². The molecule has 1 unspecified atom stereocenters. The number of rotatable bonds is 5. The van der Waals surface area contributed by atoms with Crippen LogP contribution in [0.2, 0.25) is 0 Å². The first-order chi connectivity index (χ1) is 14.1. The standard InChI is InChI=1S/C22H27N3O3S/c1-2-16-5-7-17(8-6-16)21-23-18(15-29-21)14-20(26)24-9-11-25(12-10-24)22(27)19-4-3-13-28-19/h5-8,15,19H,2-4,9-14H2,1H3. The third-order valence-corrected chi connectivity index (χ3v) is 6.58. The fourth-order valence-electron chi connectivity index (χ4n) is 3.82. The van der Waals surface area contributed by atoms with Crippen molar-refractivity contribution in [1.82, 2.24) is 14.8 Å². The summed E-state index contributed by atoms with van der Waals surface area (Å²) < 4.78 is 5.49. The highest BCUT2D eigenvalue weighted by Crippen LogP contribution is 2.25. The summed E-state index contributed by atoms with van der Waals surface area (Å²) in [5.41, 5.74) is 3.21. The Bertz CT molecular complexity index is 850. The maximum atomic E-state index is 12.7. The summed E-state index contributed by atoms with van der Waals surface area (Å²) in [7, 11) is 0. The summed E-state index contributed by atoms with van der Waals surface area (Å²) in [5.74, 6) is 0.153. The molecule has 2 aliphatic heterocycles. The molecule has 0 spiro atoms. The maximum Gasteiger partial charge on any atom is 0.251 e. The van der Waals surface area contributed by atoms with E-state index in [1.807, 2.05) is 15.2 Å². The van der Waals surface area contributed by atoms with Gasteiger partial charge in [0, 0.05) is 43.7 Å². The Hall–Kier alpha value is -2.25. The fourth-order valence-corrected chi connectivity index (χ4v) is 4.65. The Morgan fingerprint density at radius 1 is 1.14 bits per heavy atom. The van der Waals surface area contributed by atoms with Gasteiger partial charge in [0.1, 0.15) is 11.1 Å². The van der Waals surface area contributed by atoms with Gasteiger partial charge in [0.2, 0.25) is 5.91 Å². The van der Waals surface area contributed by atoms with E-state index in [1.54, 1.807) is 11.3 Å². The molecule has 0 bridgehead atoms. The van der Waals surface area contributed by atoms with Crippen molar-refractivity contribution in [2.24, 2.45) is 0 Å². The van der Waals surface area contributed by atoms with Gasteiger partial charge in [-0.1, -0.05) is 31.2 Å². The van der Waals surface area contributed by atoms with Gasteiger partial charge < -0.3 is 14.5 Å². The summed E-state index contributed by atoms with van der Waals surface area (Å²) in [4.78, 5) is 33.5. The zero-order chi connectivity index (χ0) is 20.2. The molecule has 154 valence electrons. The molecule has 2 saturated heterocycles. The van der Waals surface area contributed by atoms with Crippen molar-refractivity contribution in [3.63, 3.8) is 0 Å². The number of aromatic nitrogens is 1. The van der Waals surface area contributed by atoms with Gasteiger partial charge >= 0.3 is 0 Å². The van der Waals surface area contributed by atoms with Gasteiger partial charge in [-0.2, -0.15) is 0 Å². The summed E-state index contributed by atoms with van der Waals surface area (Å²) in [6.45, 7) is 5.13. The number of amides is 2. The normalized spacial score (nSPS) is 19.6. The Labute approximate surface area is 175 Å². The molecule has 4 rings (SSSR count). The number of thiazole rings is 1. The summed E-state index contributed by atoms with van der Waals surface area (Å²) >= 11 is 1.57. The molecule has 3 heterocycles.